The molecule has 0 aromatic heterocycles. The smallest absolute Gasteiger partial charge is 0.347 e. The molecule has 0 unspecified atom stereocenters. The van der Waals surface area contributed by atoms with E-state index in [1.165, 1.54) is 18.5 Å². The first-order valence-corrected chi connectivity index (χ1v) is 6.06. The van der Waals surface area contributed by atoms with Crippen LogP contribution in [0.3, 0.4) is 0 Å². The third-order valence-electron chi connectivity index (χ3n) is 3.07. The Bertz CT molecular complexity index is 471. The van der Waals surface area contributed by atoms with Gasteiger partial charge in [0.15, 0.2) is 0 Å². The number of rotatable bonds is 4. The lowest BCUT2D eigenvalue weighted by Gasteiger charge is -2.33. The number of hydrogen-bond acceptors (Lipinski definition) is 1. The van der Waals surface area contributed by atoms with Gasteiger partial charge in [-0.2, -0.15) is 13.2 Å². The van der Waals surface area contributed by atoms with Gasteiger partial charge in [0, 0.05) is 25.1 Å². The van der Waals surface area contributed by atoms with Crippen molar-refractivity contribution in [3.8, 4) is 0 Å². The van der Waals surface area contributed by atoms with E-state index in [1.54, 1.807) is 0 Å². The van der Waals surface area contributed by atoms with E-state index in [9.17, 15) is 22.0 Å². The highest BCUT2D eigenvalue weighted by Crippen LogP contribution is 2.42. The molecular formula is C13H13F5N2. The molecule has 0 heterocycles. The fourth-order valence-electron chi connectivity index (χ4n) is 1.99. The van der Waals surface area contributed by atoms with Crippen molar-refractivity contribution in [1.29, 1.82) is 0 Å². The molecule has 0 atom stereocenters. The zero-order valence-corrected chi connectivity index (χ0v) is 10.4. The maximum absolute atomic E-state index is 12.5. The Morgan fingerprint density at radius 3 is 2.30 bits per heavy atom. The molecule has 0 spiro atoms. The average molecular weight is 292 g/mol. The van der Waals surface area contributed by atoms with Gasteiger partial charge in [0.05, 0.1) is 11.9 Å². The van der Waals surface area contributed by atoms with Crippen LogP contribution in [0.15, 0.2) is 29.3 Å². The molecule has 1 saturated carbocycles. The summed E-state index contributed by atoms with van der Waals surface area (Å²) in [6.45, 7) is 0.295. The Morgan fingerprint density at radius 1 is 1.20 bits per heavy atom. The van der Waals surface area contributed by atoms with Gasteiger partial charge in [0.1, 0.15) is 0 Å². The molecule has 0 saturated heterocycles. The minimum absolute atomic E-state index is 0.115. The first-order chi connectivity index (χ1) is 9.26. The summed E-state index contributed by atoms with van der Waals surface area (Å²) >= 11 is 0. The summed E-state index contributed by atoms with van der Waals surface area (Å²) in [6, 6.07) is 4.49. The Hall–Kier alpha value is -1.66. The van der Waals surface area contributed by atoms with Crippen LogP contribution >= 0.6 is 0 Å². The van der Waals surface area contributed by atoms with Crippen LogP contribution in [0.4, 0.5) is 27.6 Å². The monoisotopic (exact) mass is 292 g/mol. The second-order valence-electron chi connectivity index (χ2n) is 4.84. The summed E-state index contributed by atoms with van der Waals surface area (Å²) in [7, 11) is 0. The molecule has 0 amide bonds. The highest BCUT2D eigenvalue weighted by atomic mass is 19.4. The average Bonchev–Trinajstić information content (AvgIpc) is 2.31. The lowest BCUT2D eigenvalue weighted by molar-refractivity contribution is -0.137. The molecule has 0 bridgehead atoms. The number of nitrogens with one attached hydrogen (secondary N) is 1. The van der Waals surface area contributed by atoms with Crippen LogP contribution < -0.4 is 5.32 Å². The van der Waals surface area contributed by atoms with Gasteiger partial charge < -0.3 is 5.32 Å². The molecule has 1 fully saturated rings. The van der Waals surface area contributed by atoms with Gasteiger partial charge in [-0.1, -0.05) is 0 Å². The highest BCUT2D eigenvalue weighted by Gasteiger charge is 2.44. The van der Waals surface area contributed by atoms with E-state index >= 15 is 0 Å². The normalized spacial score (nSPS) is 19.1. The van der Waals surface area contributed by atoms with E-state index in [-0.39, 0.29) is 18.8 Å². The lowest BCUT2D eigenvalue weighted by atomic mass is 9.81. The van der Waals surface area contributed by atoms with Gasteiger partial charge in [-0.25, -0.2) is 8.78 Å². The zero-order valence-electron chi connectivity index (χ0n) is 10.4. The van der Waals surface area contributed by atoms with E-state index < -0.39 is 17.7 Å². The first kappa shape index (κ1) is 14.7. The van der Waals surface area contributed by atoms with Gasteiger partial charge in [-0.15, -0.1) is 0 Å². The molecule has 2 nitrogen and oxygen atoms in total. The molecule has 1 aliphatic carbocycles. The molecule has 1 aliphatic rings. The molecule has 2 rings (SSSR count). The number of hydrogen-bond donors (Lipinski definition) is 1. The van der Waals surface area contributed by atoms with E-state index in [2.05, 4.69) is 10.3 Å². The molecule has 1 N–H and O–H groups in total. The minimum Gasteiger partial charge on any atom is -0.347 e. The van der Waals surface area contributed by atoms with E-state index in [0.29, 0.717) is 12.2 Å². The van der Waals surface area contributed by atoms with Gasteiger partial charge in [0.25, 0.3) is 0 Å². The summed E-state index contributed by atoms with van der Waals surface area (Å²) in [5.41, 5.74) is -0.266. The number of nitrogens with zero attached hydrogens (tertiary/aromatic N) is 1. The van der Waals surface area contributed by atoms with Crippen LogP contribution in [0.2, 0.25) is 0 Å². The quantitative estimate of drug-likeness (QED) is 0.502. The van der Waals surface area contributed by atoms with Gasteiger partial charge in [-0.05, 0) is 30.2 Å². The summed E-state index contributed by atoms with van der Waals surface area (Å²) in [6.07, 6.45) is -3.34. The number of anilines is 1. The molecule has 20 heavy (non-hydrogen) atoms. The maximum Gasteiger partial charge on any atom is 0.416 e. The maximum atomic E-state index is 12.5. The van der Waals surface area contributed by atoms with Gasteiger partial charge in [0.2, 0.25) is 5.92 Å². The van der Waals surface area contributed by atoms with Crippen molar-refractivity contribution in [2.45, 2.75) is 24.9 Å². The van der Waals surface area contributed by atoms with Crippen LogP contribution in [0.25, 0.3) is 0 Å². The van der Waals surface area contributed by atoms with Gasteiger partial charge in [-0.3, -0.25) is 4.99 Å². The van der Waals surface area contributed by atoms with Crippen LogP contribution in [0.5, 0.6) is 0 Å². The number of benzene rings is 1. The Morgan fingerprint density at radius 2 is 1.80 bits per heavy atom. The summed E-state index contributed by atoms with van der Waals surface area (Å²) in [5.74, 6) is -2.67. The highest BCUT2D eigenvalue weighted by molar-refractivity contribution is 5.75. The molecular weight excluding hydrogens is 279 g/mol. The van der Waals surface area contributed by atoms with E-state index in [1.807, 2.05) is 0 Å². The van der Waals surface area contributed by atoms with Crippen molar-refractivity contribution >= 4 is 12.0 Å². The SMILES string of the molecule is FC1(F)CC(CN=CNc2ccc(C(F)(F)F)cc2)C1. The first-order valence-electron chi connectivity index (χ1n) is 6.06. The van der Waals surface area contributed by atoms with Crippen molar-refractivity contribution in [3.63, 3.8) is 0 Å². The number of aliphatic imine (C=N–C) groups is 1. The van der Waals surface area contributed by atoms with Crippen molar-refractivity contribution in [2.24, 2.45) is 10.9 Å². The molecule has 1 aromatic rings. The van der Waals surface area contributed by atoms with Crippen LogP contribution in [0.1, 0.15) is 18.4 Å². The lowest BCUT2D eigenvalue weighted by Crippen LogP contribution is -2.36. The molecule has 110 valence electrons. The number of alkyl halides is 5. The largest absolute Gasteiger partial charge is 0.416 e. The number of halogens is 5. The molecule has 0 radical (unpaired) electrons. The Kier molecular flexibility index (Phi) is 3.96. The summed E-state index contributed by atoms with van der Waals surface area (Å²) in [4.78, 5) is 3.93. The third-order valence-corrected chi connectivity index (χ3v) is 3.07. The fraction of sp³-hybridized carbons (Fsp3) is 0.462. The molecule has 0 aliphatic heterocycles. The second-order valence-corrected chi connectivity index (χ2v) is 4.84. The van der Waals surface area contributed by atoms with Gasteiger partial charge >= 0.3 is 6.18 Å². The summed E-state index contributed by atoms with van der Waals surface area (Å²) < 4.78 is 62.0. The van der Waals surface area contributed by atoms with Crippen molar-refractivity contribution in [3.05, 3.63) is 29.8 Å². The fourth-order valence-corrected chi connectivity index (χ4v) is 1.99. The molecule has 1 aromatic carbocycles. The standard InChI is InChI=1S/C13H13F5N2/c14-12(15)5-9(6-12)7-19-8-20-11-3-1-10(2-4-11)13(16,17)18/h1-4,8-9H,5-7H2,(H,19,20). The Labute approximate surface area is 112 Å². The van der Waals surface area contributed by atoms with E-state index in [4.69, 9.17) is 0 Å². The van der Waals surface area contributed by atoms with Crippen LogP contribution in [-0.4, -0.2) is 18.8 Å². The third kappa shape index (κ3) is 3.91. The zero-order chi connectivity index (χ0) is 14.8. The van der Waals surface area contributed by atoms with E-state index in [0.717, 1.165) is 12.1 Å². The topological polar surface area (TPSA) is 24.4 Å². The van der Waals surface area contributed by atoms with Crippen molar-refractivity contribution < 1.29 is 22.0 Å². The molecule has 7 heteroatoms. The minimum atomic E-state index is -4.36. The second kappa shape index (κ2) is 5.38. The van der Waals surface area contributed by atoms with Crippen molar-refractivity contribution in [2.75, 3.05) is 11.9 Å². The summed E-state index contributed by atoms with van der Waals surface area (Å²) in [5, 5.41) is 2.70. The van der Waals surface area contributed by atoms with Crippen LogP contribution in [0, 0.1) is 5.92 Å². The predicted molar refractivity (Wildman–Crippen MR) is 66.1 cm³/mol. The Balaban J connectivity index is 1.77. The van der Waals surface area contributed by atoms with Crippen molar-refractivity contribution in [1.82, 2.24) is 0 Å². The van der Waals surface area contributed by atoms with Crippen LogP contribution in [-0.2, 0) is 6.18 Å². The predicted octanol–water partition coefficient (Wildman–Crippen LogP) is 4.19.